The molecule has 0 radical (unpaired) electrons. The summed E-state index contributed by atoms with van der Waals surface area (Å²) in [6, 6.07) is 5.96. The first kappa shape index (κ1) is 13.3. The zero-order chi connectivity index (χ0) is 13.0. The van der Waals surface area contributed by atoms with Crippen LogP contribution in [0.15, 0.2) is 18.2 Å². The van der Waals surface area contributed by atoms with E-state index in [1.54, 1.807) is 0 Å². The quantitative estimate of drug-likeness (QED) is 0.891. The van der Waals surface area contributed by atoms with E-state index in [1.165, 1.54) is 5.56 Å². The fourth-order valence-corrected chi connectivity index (χ4v) is 3.06. The second-order valence-corrected chi connectivity index (χ2v) is 5.78. The number of hydrogen-bond acceptors (Lipinski definition) is 3. The van der Waals surface area contributed by atoms with Crippen LogP contribution in [0.1, 0.15) is 22.3 Å². The molecule has 0 aromatic heterocycles. The minimum absolute atomic E-state index is 0.154. The van der Waals surface area contributed by atoms with Gasteiger partial charge in [0.25, 0.3) is 5.91 Å². The van der Waals surface area contributed by atoms with E-state index < -0.39 is 0 Å². The Hall–Kier alpha value is -1.16. The molecule has 1 aromatic carbocycles. The summed E-state index contributed by atoms with van der Waals surface area (Å²) in [4.78, 5) is 14.5. The Morgan fingerprint density at radius 1 is 1.33 bits per heavy atom. The van der Waals surface area contributed by atoms with Gasteiger partial charge < -0.3 is 10.2 Å². The SMILES string of the molecule is CNc1cc(C)ccc1C(=O)N1CCCSCC1. The molecule has 1 aliphatic rings. The molecule has 1 fully saturated rings. The third kappa shape index (κ3) is 2.99. The van der Waals surface area contributed by atoms with Crippen LogP contribution in [0.5, 0.6) is 0 Å². The van der Waals surface area contributed by atoms with Gasteiger partial charge in [-0.15, -0.1) is 0 Å². The molecule has 0 saturated carbocycles. The number of rotatable bonds is 2. The number of carbonyl (C=O) groups is 1. The maximum atomic E-state index is 12.5. The van der Waals surface area contributed by atoms with E-state index >= 15 is 0 Å². The molecule has 3 nitrogen and oxygen atoms in total. The van der Waals surface area contributed by atoms with E-state index in [9.17, 15) is 4.79 Å². The van der Waals surface area contributed by atoms with E-state index in [-0.39, 0.29) is 5.91 Å². The Labute approximate surface area is 113 Å². The number of aryl methyl sites for hydroxylation is 1. The Bertz CT molecular complexity index is 426. The van der Waals surface area contributed by atoms with Crippen molar-refractivity contribution in [1.29, 1.82) is 0 Å². The number of nitrogens with one attached hydrogen (secondary N) is 1. The number of amides is 1. The van der Waals surface area contributed by atoms with E-state index in [1.807, 2.05) is 48.8 Å². The zero-order valence-electron chi connectivity index (χ0n) is 11.0. The molecule has 1 amide bonds. The lowest BCUT2D eigenvalue weighted by atomic mass is 10.1. The van der Waals surface area contributed by atoms with Crippen LogP contribution < -0.4 is 5.32 Å². The minimum Gasteiger partial charge on any atom is -0.387 e. The molecule has 1 saturated heterocycles. The van der Waals surface area contributed by atoms with Crippen molar-refractivity contribution < 1.29 is 4.79 Å². The Kier molecular flexibility index (Phi) is 4.53. The third-order valence-corrected chi connectivity index (χ3v) is 4.23. The monoisotopic (exact) mass is 264 g/mol. The Morgan fingerprint density at radius 3 is 2.94 bits per heavy atom. The number of nitrogens with zero attached hydrogens (tertiary/aromatic N) is 1. The number of anilines is 1. The zero-order valence-corrected chi connectivity index (χ0v) is 11.8. The average Bonchev–Trinajstić information content (AvgIpc) is 2.66. The van der Waals surface area contributed by atoms with Crippen LogP contribution in [-0.4, -0.2) is 42.4 Å². The van der Waals surface area contributed by atoms with Crippen LogP contribution in [0.25, 0.3) is 0 Å². The summed E-state index contributed by atoms with van der Waals surface area (Å²) < 4.78 is 0. The summed E-state index contributed by atoms with van der Waals surface area (Å²) in [6.45, 7) is 3.78. The second-order valence-electron chi connectivity index (χ2n) is 4.56. The lowest BCUT2D eigenvalue weighted by Gasteiger charge is -2.21. The minimum atomic E-state index is 0.154. The van der Waals surface area contributed by atoms with Crippen LogP contribution >= 0.6 is 11.8 Å². The average molecular weight is 264 g/mol. The van der Waals surface area contributed by atoms with Gasteiger partial charge in [0, 0.05) is 31.6 Å². The molecule has 1 aromatic rings. The van der Waals surface area contributed by atoms with Crippen LogP contribution in [-0.2, 0) is 0 Å². The van der Waals surface area contributed by atoms with Crippen LogP contribution in [0.2, 0.25) is 0 Å². The summed E-state index contributed by atoms with van der Waals surface area (Å²) in [7, 11) is 1.86. The lowest BCUT2D eigenvalue weighted by molar-refractivity contribution is 0.0769. The third-order valence-electron chi connectivity index (χ3n) is 3.18. The van der Waals surface area contributed by atoms with Crippen molar-refractivity contribution >= 4 is 23.4 Å². The van der Waals surface area contributed by atoms with Crippen molar-refractivity contribution in [3.63, 3.8) is 0 Å². The molecule has 2 rings (SSSR count). The van der Waals surface area contributed by atoms with Crippen molar-refractivity contribution in [3.8, 4) is 0 Å². The first-order valence-electron chi connectivity index (χ1n) is 6.38. The van der Waals surface area contributed by atoms with Crippen molar-refractivity contribution in [2.24, 2.45) is 0 Å². The van der Waals surface area contributed by atoms with Gasteiger partial charge in [-0.25, -0.2) is 0 Å². The van der Waals surface area contributed by atoms with E-state index in [0.717, 1.165) is 42.3 Å². The smallest absolute Gasteiger partial charge is 0.255 e. The highest BCUT2D eigenvalue weighted by molar-refractivity contribution is 7.99. The van der Waals surface area contributed by atoms with Crippen LogP contribution in [0, 0.1) is 6.92 Å². The predicted octanol–water partition coefficient (Wildman–Crippen LogP) is 2.62. The van der Waals surface area contributed by atoms with Crippen LogP contribution in [0.3, 0.4) is 0 Å². The van der Waals surface area contributed by atoms with Crippen LogP contribution in [0.4, 0.5) is 5.69 Å². The topological polar surface area (TPSA) is 32.3 Å². The molecule has 0 bridgehead atoms. The highest BCUT2D eigenvalue weighted by atomic mass is 32.2. The maximum absolute atomic E-state index is 12.5. The predicted molar refractivity (Wildman–Crippen MR) is 78.6 cm³/mol. The van der Waals surface area contributed by atoms with Gasteiger partial charge in [-0.05, 0) is 36.8 Å². The first-order chi connectivity index (χ1) is 8.72. The van der Waals surface area contributed by atoms with Crippen molar-refractivity contribution in [2.75, 3.05) is 37.0 Å². The van der Waals surface area contributed by atoms with Crippen molar-refractivity contribution in [1.82, 2.24) is 4.90 Å². The normalized spacial score (nSPS) is 16.2. The number of benzene rings is 1. The molecule has 0 aliphatic carbocycles. The highest BCUT2D eigenvalue weighted by Gasteiger charge is 2.19. The van der Waals surface area contributed by atoms with Gasteiger partial charge in [0.2, 0.25) is 0 Å². The van der Waals surface area contributed by atoms with Gasteiger partial charge in [0.05, 0.1) is 5.56 Å². The molecule has 1 N–H and O–H groups in total. The van der Waals surface area contributed by atoms with Crippen molar-refractivity contribution in [2.45, 2.75) is 13.3 Å². The van der Waals surface area contributed by atoms with Gasteiger partial charge in [-0.1, -0.05) is 6.07 Å². The number of carbonyl (C=O) groups excluding carboxylic acids is 1. The highest BCUT2D eigenvalue weighted by Crippen LogP contribution is 2.20. The van der Waals surface area contributed by atoms with Gasteiger partial charge in [-0.2, -0.15) is 11.8 Å². The molecular weight excluding hydrogens is 244 g/mol. The first-order valence-corrected chi connectivity index (χ1v) is 7.53. The van der Waals surface area contributed by atoms with Gasteiger partial charge >= 0.3 is 0 Å². The summed E-state index contributed by atoms with van der Waals surface area (Å²) in [5.74, 6) is 2.37. The van der Waals surface area contributed by atoms with Gasteiger partial charge in [-0.3, -0.25) is 4.79 Å². The van der Waals surface area contributed by atoms with Gasteiger partial charge in [0.15, 0.2) is 0 Å². The van der Waals surface area contributed by atoms with Crippen molar-refractivity contribution in [3.05, 3.63) is 29.3 Å². The van der Waals surface area contributed by atoms with E-state index in [2.05, 4.69) is 5.32 Å². The molecule has 4 heteroatoms. The summed E-state index contributed by atoms with van der Waals surface area (Å²) in [6.07, 6.45) is 1.09. The number of thioether (sulfide) groups is 1. The largest absolute Gasteiger partial charge is 0.387 e. The summed E-state index contributed by atoms with van der Waals surface area (Å²) >= 11 is 1.93. The molecule has 1 aliphatic heterocycles. The lowest BCUT2D eigenvalue weighted by Crippen LogP contribution is -2.33. The standard InChI is InChI=1S/C14H20N2OS/c1-11-4-5-12(13(10-11)15-2)14(17)16-6-3-8-18-9-7-16/h4-5,10,15H,3,6-9H2,1-2H3. The fourth-order valence-electron chi connectivity index (χ4n) is 2.17. The Balaban J connectivity index is 2.21. The molecule has 0 unspecified atom stereocenters. The molecule has 18 heavy (non-hydrogen) atoms. The Morgan fingerprint density at radius 2 is 2.17 bits per heavy atom. The molecule has 1 heterocycles. The second kappa shape index (κ2) is 6.14. The number of hydrogen-bond donors (Lipinski definition) is 1. The maximum Gasteiger partial charge on any atom is 0.255 e. The summed E-state index contributed by atoms with van der Waals surface area (Å²) in [5, 5.41) is 3.12. The molecule has 98 valence electrons. The summed E-state index contributed by atoms with van der Waals surface area (Å²) in [5.41, 5.74) is 2.88. The van der Waals surface area contributed by atoms with E-state index in [4.69, 9.17) is 0 Å². The molecule has 0 spiro atoms. The molecular formula is C14H20N2OS. The van der Waals surface area contributed by atoms with E-state index in [0.29, 0.717) is 0 Å². The fraction of sp³-hybridized carbons (Fsp3) is 0.500. The van der Waals surface area contributed by atoms with Gasteiger partial charge in [0.1, 0.15) is 0 Å². The molecule has 0 atom stereocenters.